The molecule has 17 heavy (non-hydrogen) atoms. The SMILES string of the molecule is Cc1cnc2c(c1)CC(C1NC(=O)NC1=O)=C2. The van der Waals surface area contributed by atoms with Crippen molar-refractivity contribution in [2.75, 3.05) is 0 Å². The number of imide groups is 1. The molecule has 0 saturated carbocycles. The molecule has 0 radical (unpaired) electrons. The van der Waals surface area contributed by atoms with Crippen LogP contribution in [0.3, 0.4) is 0 Å². The topological polar surface area (TPSA) is 71.1 Å². The number of urea groups is 1. The summed E-state index contributed by atoms with van der Waals surface area (Å²) in [4.78, 5) is 26.9. The first-order valence-corrected chi connectivity index (χ1v) is 5.41. The average molecular weight is 229 g/mol. The lowest BCUT2D eigenvalue weighted by atomic mass is 10.0. The summed E-state index contributed by atoms with van der Waals surface area (Å²) in [5, 5.41) is 4.83. The Kier molecular flexibility index (Phi) is 2.01. The molecule has 1 atom stereocenters. The fraction of sp³-hybridized carbons (Fsp3) is 0.250. The van der Waals surface area contributed by atoms with Crippen LogP contribution in [0.2, 0.25) is 0 Å². The smallest absolute Gasteiger partial charge is 0.322 e. The van der Waals surface area contributed by atoms with Crippen molar-refractivity contribution < 1.29 is 9.59 Å². The maximum Gasteiger partial charge on any atom is 0.322 e. The van der Waals surface area contributed by atoms with Crippen LogP contribution < -0.4 is 10.6 Å². The van der Waals surface area contributed by atoms with Crippen molar-refractivity contribution in [3.63, 3.8) is 0 Å². The van der Waals surface area contributed by atoms with E-state index in [1.807, 2.05) is 13.0 Å². The van der Waals surface area contributed by atoms with Gasteiger partial charge >= 0.3 is 6.03 Å². The van der Waals surface area contributed by atoms with Crippen LogP contribution in [-0.2, 0) is 11.2 Å². The molecule has 5 nitrogen and oxygen atoms in total. The van der Waals surface area contributed by atoms with Gasteiger partial charge in [-0.25, -0.2) is 4.79 Å². The Morgan fingerprint density at radius 2 is 2.24 bits per heavy atom. The van der Waals surface area contributed by atoms with Gasteiger partial charge < -0.3 is 5.32 Å². The molecule has 0 aromatic carbocycles. The number of rotatable bonds is 1. The number of aryl methyl sites for hydroxylation is 1. The number of hydrogen-bond donors (Lipinski definition) is 2. The van der Waals surface area contributed by atoms with Crippen molar-refractivity contribution >= 4 is 18.0 Å². The van der Waals surface area contributed by atoms with Crippen LogP contribution in [-0.4, -0.2) is 23.0 Å². The van der Waals surface area contributed by atoms with Crippen LogP contribution in [0.25, 0.3) is 6.08 Å². The van der Waals surface area contributed by atoms with E-state index in [1.165, 1.54) is 0 Å². The second-order valence-corrected chi connectivity index (χ2v) is 4.35. The average Bonchev–Trinajstić information content (AvgIpc) is 2.80. The van der Waals surface area contributed by atoms with Crippen molar-refractivity contribution in [1.29, 1.82) is 0 Å². The van der Waals surface area contributed by atoms with Crippen LogP contribution in [0.1, 0.15) is 16.8 Å². The summed E-state index contributed by atoms with van der Waals surface area (Å²) in [5.41, 5.74) is 3.98. The number of pyridine rings is 1. The molecule has 86 valence electrons. The first-order valence-electron chi connectivity index (χ1n) is 5.41. The molecule has 5 heteroatoms. The van der Waals surface area contributed by atoms with Crippen molar-refractivity contribution in [3.8, 4) is 0 Å². The molecule has 1 aromatic heterocycles. The van der Waals surface area contributed by atoms with Gasteiger partial charge in [0.1, 0.15) is 6.04 Å². The highest BCUT2D eigenvalue weighted by Gasteiger charge is 2.34. The van der Waals surface area contributed by atoms with Gasteiger partial charge in [-0.2, -0.15) is 0 Å². The summed E-state index contributed by atoms with van der Waals surface area (Å²) in [6.45, 7) is 1.98. The summed E-state index contributed by atoms with van der Waals surface area (Å²) in [6, 6.07) is 1.08. The number of amides is 3. The first kappa shape index (κ1) is 10.0. The van der Waals surface area contributed by atoms with Gasteiger partial charge in [-0.1, -0.05) is 6.07 Å². The number of nitrogens with zero attached hydrogens (tertiary/aromatic N) is 1. The zero-order chi connectivity index (χ0) is 12.0. The fourth-order valence-corrected chi connectivity index (χ4v) is 2.22. The number of carbonyl (C=O) groups excluding carboxylic acids is 2. The Balaban J connectivity index is 1.90. The van der Waals surface area contributed by atoms with Gasteiger partial charge in [-0.3, -0.25) is 15.1 Å². The van der Waals surface area contributed by atoms with Crippen LogP contribution in [0.5, 0.6) is 0 Å². The Bertz CT molecular complexity index is 563. The van der Waals surface area contributed by atoms with E-state index in [0.29, 0.717) is 6.42 Å². The molecule has 1 aliphatic carbocycles. The van der Waals surface area contributed by atoms with E-state index in [4.69, 9.17) is 0 Å². The summed E-state index contributed by atoms with van der Waals surface area (Å²) in [7, 11) is 0. The van der Waals surface area contributed by atoms with Gasteiger partial charge in [0, 0.05) is 6.20 Å². The molecule has 1 saturated heterocycles. The van der Waals surface area contributed by atoms with E-state index in [-0.39, 0.29) is 5.91 Å². The minimum absolute atomic E-state index is 0.286. The number of hydrogen-bond acceptors (Lipinski definition) is 3. The molecule has 1 aromatic rings. The lowest BCUT2D eigenvalue weighted by molar-refractivity contribution is -0.119. The maximum atomic E-state index is 11.5. The highest BCUT2D eigenvalue weighted by molar-refractivity contribution is 6.06. The van der Waals surface area contributed by atoms with E-state index in [1.54, 1.807) is 6.20 Å². The summed E-state index contributed by atoms with van der Waals surface area (Å²) in [6.07, 6.45) is 4.35. The highest BCUT2D eigenvalue weighted by atomic mass is 16.2. The van der Waals surface area contributed by atoms with E-state index >= 15 is 0 Å². The van der Waals surface area contributed by atoms with Crippen LogP contribution in [0, 0.1) is 6.92 Å². The molecule has 0 spiro atoms. The van der Waals surface area contributed by atoms with Crippen LogP contribution in [0.15, 0.2) is 17.8 Å². The molecule has 3 rings (SSSR count). The largest absolute Gasteiger partial charge is 0.322 e. The maximum absolute atomic E-state index is 11.5. The van der Waals surface area contributed by atoms with Crippen LogP contribution >= 0.6 is 0 Å². The van der Waals surface area contributed by atoms with Gasteiger partial charge in [0.2, 0.25) is 0 Å². The Hall–Kier alpha value is -2.17. The third-order valence-corrected chi connectivity index (χ3v) is 3.00. The Morgan fingerprint density at radius 1 is 1.41 bits per heavy atom. The van der Waals surface area contributed by atoms with Crippen LogP contribution in [0.4, 0.5) is 4.79 Å². The second kappa shape index (κ2) is 3.41. The molecule has 1 aliphatic heterocycles. The third-order valence-electron chi connectivity index (χ3n) is 3.00. The van der Waals surface area contributed by atoms with Crippen molar-refractivity contribution in [3.05, 3.63) is 34.7 Å². The van der Waals surface area contributed by atoms with E-state index in [9.17, 15) is 9.59 Å². The van der Waals surface area contributed by atoms with E-state index in [0.717, 1.165) is 22.4 Å². The molecule has 2 heterocycles. The predicted molar refractivity (Wildman–Crippen MR) is 61.1 cm³/mol. The van der Waals surface area contributed by atoms with Crippen molar-refractivity contribution in [2.24, 2.45) is 0 Å². The number of carbonyl (C=O) groups is 2. The third kappa shape index (κ3) is 1.60. The molecule has 2 aliphatic rings. The van der Waals surface area contributed by atoms with Crippen molar-refractivity contribution in [1.82, 2.24) is 15.6 Å². The quantitative estimate of drug-likeness (QED) is 0.690. The van der Waals surface area contributed by atoms with Gasteiger partial charge in [0.05, 0.1) is 5.69 Å². The highest BCUT2D eigenvalue weighted by Crippen LogP contribution is 2.26. The van der Waals surface area contributed by atoms with E-state index in [2.05, 4.69) is 21.7 Å². The van der Waals surface area contributed by atoms with Gasteiger partial charge in [-0.05, 0) is 36.1 Å². The predicted octanol–water partition coefficient (Wildman–Crippen LogP) is 0.538. The summed E-state index contributed by atoms with van der Waals surface area (Å²) >= 11 is 0. The lowest BCUT2D eigenvalue weighted by Gasteiger charge is -2.07. The normalized spacial score (nSPS) is 21.9. The Morgan fingerprint density at radius 3 is 2.94 bits per heavy atom. The molecule has 1 unspecified atom stereocenters. The molecule has 3 amide bonds. The number of nitrogens with one attached hydrogen (secondary N) is 2. The molecular formula is C12H11N3O2. The first-order chi connectivity index (χ1) is 8.13. The number of fused-ring (bicyclic) bond motifs is 1. The molecule has 0 bridgehead atoms. The fourth-order valence-electron chi connectivity index (χ4n) is 2.22. The second-order valence-electron chi connectivity index (χ2n) is 4.35. The zero-order valence-corrected chi connectivity index (χ0v) is 9.28. The molecule has 2 N–H and O–H groups in total. The standard InChI is InChI=1S/C12H11N3O2/c1-6-2-7-3-8(4-9(7)13-5-6)10-11(16)15-12(17)14-10/h2,4-5,10H,3H2,1H3,(H2,14,15,16,17). The summed E-state index contributed by atoms with van der Waals surface area (Å²) in [5.74, 6) is -0.286. The monoisotopic (exact) mass is 229 g/mol. The minimum Gasteiger partial charge on any atom is -0.322 e. The van der Waals surface area contributed by atoms with Gasteiger partial charge in [-0.15, -0.1) is 0 Å². The Labute approximate surface area is 97.9 Å². The lowest BCUT2D eigenvalue weighted by Crippen LogP contribution is -2.30. The van der Waals surface area contributed by atoms with Gasteiger partial charge in [0.15, 0.2) is 0 Å². The zero-order valence-electron chi connectivity index (χ0n) is 9.28. The molecular weight excluding hydrogens is 218 g/mol. The number of aromatic nitrogens is 1. The summed E-state index contributed by atoms with van der Waals surface area (Å²) < 4.78 is 0. The minimum atomic E-state index is -0.544. The molecule has 1 fully saturated rings. The van der Waals surface area contributed by atoms with Crippen molar-refractivity contribution in [2.45, 2.75) is 19.4 Å². The van der Waals surface area contributed by atoms with Gasteiger partial charge in [0.25, 0.3) is 5.91 Å². The van der Waals surface area contributed by atoms with E-state index < -0.39 is 12.1 Å².